The van der Waals surface area contributed by atoms with Gasteiger partial charge in [-0.2, -0.15) is 0 Å². The number of furan rings is 1. The number of nitrogens with one attached hydrogen (secondary N) is 1. The van der Waals surface area contributed by atoms with Gasteiger partial charge in [-0.25, -0.2) is 8.42 Å². The molecule has 3 aromatic carbocycles. The van der Waals surface area contributed by atoms with Crippen molar-refractivity contribution in [1.29, 1.82) is 0 Å². The van der Waals surface area contributed by atoms with Gasteiger partial charge in [-0.1, -0.05) is 54.4 Å². The van der Waals surface area contributed by atoms with E-state index in [1.54, 1.807) is 6.07 Å². The van der Waals surface area contributed by atoms with E-state index in [9.17, 15) is 8.42 Å². The van der Waals surface area contributed by atoms with Gasteiger partial charge in [0.15, 0.2) is 0 Å². The lowest BCUT2D eigenvalue weighted by atomic mass is 9.88. The molecule has 4 nitrogen and oxygen atoms in total. The molecule has 1 N–H and O–H groups in total. The van der Waals surface area contributed by atoms with E-state index < -0.39 is 10.0 Å². The van der Waals surface area contributed by atoms with E-state index in [1.165, 1.54) is 17.7 Å². The first-order chi connectivity index (χ1) is 14.3. The molecule has 5 rings (SSSR count). The zero-order valence-electron chi connectivity index (χ0n) is 16.2. The number of anilines is 1. The van der Waals surface area contributed by atoms with Crippen molar-refractivity contribution in [1.82, 2.24) is 0 Å². The second-order valence-electron chi connectivity index (χ2n) is 7.88. The summed E-state index contributed by atoms with van der Waals surface area (Å²) < 4.78 is 35.3. The van der Waals surface area contributed by atoms with Gasteiger partial charge in [0.05, 0.1) is 10.7 Å². The van der Waals surface area contributed by atoms with Gasteiger partial charge in [0.1, 0.15) is 16.2 Å². The number of fused-ring (bicyclic) bond motifs is 5. The lowest BCUT2D eigenvalue weighted by Gasteiger charge is -2.16. The van der Waals surface area contributed by atoms with Crippen molar-refractivity contribution in [3.8, 4) is 0 Å². The maximum absolute atomic E-state index is 13.1. The van der Waals surface area contributed by atoms with Crippen LogP contribution in [-0.2, 0) is 22.9 Å². The molecule has 30 heavy (non-hydrogen) atoms. The molecule has 1 heterocycles. The second-order valence-corrected chi connectivity index (χ2v) is 10.4. The number of rotatable bonds is 3. The van der Waals surface area contributed by atoms with E-state index in [1.807, 2.05) is 30.3 Å². The third-order valence-electron chi connectivity index (χ3n) is 5.73. The molecule has 154 valence electrons. The van der Waals surface area contributed by atoms with Crippen molar-refractivity contribution in [2.75, 3.05) is 4.72 Å². The summed E-state index contributed by atoms with van der Waals surface area (Å²) in [5.41, 5.74) is 2.49. The summed E-state index contributed by atoms with van der Waals surface area (Å²) in [7, 11) is -3.94. The quantitative estimate of drug-likeness (QED) is 0.365. The van der Waals surface area contributed by atoms with Crippen molar-refractivity contribution < 1.29 is 12.8 Å². The molecule has 0 bridgehead atoms. The van der Waals surface area contributed by atoms with Crippen molar-refractivity contribution in [2.45, 2.75) is 31.1 Å². The molecule has 0 saturated carbocycles. The highest BCUT2D eigenvalue weighted by atomic mass is 35.5. The molecule has 4 aromatic rings. The van der Waals surface area contributed by atoms with Crippen LogP contribution in [0.15, 0.2) is 57.8 Å². The zero-order valence-corrected chi connectivity index (χ0v) is 18.5. The van der Waals surface area contributed by atoms with Crippen LogP contribution in [0.4, 0.5) is 5.69 Å². The number of sulfonamides is 1. The molecular weight excluding hydrogens is 441 g/mol. The molecule has 1 aliphatic carbocycles. The van der Waals surface area contributed by atoms with Gasteiger partial charge in [0, 0.05) is 33.2 Å². The maximum atomic E-state index is 13.1. The summed E-state index contributed by atoms with van der Waals surface area (Å²) in [6, 6.07) is 13.9. The fourth-order valence-corrected chi connectivity index (χ4v) is 6.07. The molecule has 1 atom stereocenters. The Bertz CT molecular complexity index is 1410. The Morgan fingerprint density at radius 3 is 2.60 bits per heavy atom. The maximum Gasteiger partial charge on any atom is 0.263 e. The highest BCUT2D eigenvalue weighted by molar-refractivity contribution is 7.92. The van der Waals surface area contributed by atoms with Crippen LogP contribution < -0.4 is 4.72 Å². The molecule has 0 saturated heterocycles. The topological polar surface area (TPSA) is 59.3 Å². The molecular formula is C23H19Cl2NO3S. The van der Waals surface area contributed by atoms with Gasteiger partial charge >= 0.3 is 0 Å². The van der Waals surface area contributed by atoms with Crippen LogP contribution in [0, 0.1) is 5.92 Å². The molecule has 0 fully saturated rings. The summed E-state index contributed by atoms with van der Waals surface area (Å²) in [4.78, 5) is -0.0520. The highest BCUT2D eigenvalue weighted by Gasteiger charge is 2.25. The number of benzene rings is 3. The number of aryl methyl sites for hydroxylation is 1. The Morgan fingerprint density at radius 2 is 1.80 bits per heavy atom. The van der Waals surface area contributed by atoms with E-state index >= 15 is 0 Å². The lowest BCUT2D eigenvalue weighted by Crippen LogP contribution is -2.14. The molecule has 7 heteroatoms. The first-order valence-electron chi connectivity index (χ1n) is 9.77. The minimum Gasteiger partial charge on any atom is -0.460 e. The number of hydrogen-bond donors (Lipinski definition) is 1. The Kier molecular flexibility index (Phi) is 4.73. The molecule has 1 aliphatic rings. The van der Waals surface area contributed by atoms with E-state index in [0.29, 0.717) is 16.6 Å². The normalized spacial score (nSPS) is 16.7. The van der Waals surface area contributed by atoms with Crippen molar-refractivity contribution in [2.24, 2.45) is 5.92 Å². The van der Waals surface area contributed by atoms with Crippen molar-refractivity contribution >= 4 is 60.7 Å². The second kappa shape index (κ2) is 7.19. The molecule has 1 aromatic heterocycles. The molecule has 0 aliphatic heterocycles. The summed E-state index contributed by atoms with van der Waals surface area (Å²) in [6.45, 7) is 2.22. The Hall–Kier alpha value is -2.21. The minimum absolute atomic E-state index is 0.0520. The van der Waals surface area contributed by atoms with Crippen LogP contribution in [0.1, 0.15) is 24.7 Å². The Labute approximate surface area is 184 Å². The van der Waals surface area contributed by atoms with Gasteiger partial charge in [-0.05, 0) is 43.0 Å². The van der Waals surface area contributed by atoms with Crippen LogP contribution >= 0.6 is 23.2 Å². The first-order valence-corrected chi connectivity index (χ1v) is 12.0. The number of halogens is 2. The van der Waals surface area contributed by atoms with E-state index in [0.717, 1.165) is 46.8 Å². The van der Waals surface area contributed by atoms with E-state index in [4.69, 9.17) is 27.6 Å². The summed E-state index contributed by atoms with van der Waals surface area (Å²) in [5.74, 6) is 1.58. The minimum atomic E-state index is -3.94. The number of hydrogen-bond acceptors (Lipinski definition) is 3. The van der Waals surface area contributed by atoms with Crippen LogP contribution in [-0.4, -0.2) is 8.42 Å². The first kappa shape index (κ1) is 19.7. The molecule has 0 amide bonds. The van der Waals surface area contributed by atoms with E-state index in [-0.39, 0.29) is 9.92 Å². The average Bonchev–Trinajstić information content (AvgIpc) is 3.07. The van der Waals surface area contributed by atoms with E-state index in [2.05, 4.69) is 11.6 Å². The largest absolute Gasteiger partial charge is 0.460 e. The van der Waals surface area contributed by atoms with Crippen LogP contribution in [0.5, 0.6) is 0 Å². The van der Waals surface area contributed by atoms with Gasteiger partial charge < -0.3 is 4.42 Å². The summed E-state index contributed by atoms with van der Waals surface area (Å²) in [6.07, 6.45) is 2.92. The summed E-state index contributed by atoms with van der Waals surface area (Å²) in [5, 5.41) is 3.04. The average molecular weight is 460 g/mol. The SMILES string of the molecule is CC1CCc2c(oc3c2cc(NS(=O)(=O)c2cc(Cl)ccc2Cl)c2ccccc23)C1. The van der Waals surface area contributed by atoms with Gasteiger partial charge in [0.25, 0.3) is 10.0 Å². The Balaban J connectivity index is 1.71. The summed E-state index contributed by atoms with van der Waals surface area (Å²) >= 11 is 12.2. The smallest absolute Gasteiger partial charge is 0.263 e. The van der Waals surface area contributed by atoms with Crippen molar-refractivity contribution in [3.05, 3.63) is 69.9 Å². The zero-order chi connectivity index (χ0) is 21.0. The molecule has 0 radical (unpaired) electrons. The third kappa shape index (κ3) is 3.25. The van der Waals surface area contributed by atoms with Crippen LogP contribution in [0.2, 0.25) is 10.0 Å². The fourth-order valence-electron chi connectivity index (χ4n) is 4.23. The van der Waals surface area contributed by atoms with Gasteiger partial charge in [-0.3, -0.25) is 4.72 Å². The predicted octanol–water partition coefficient (Wildman–Crippen LogP) is 6.82. The van der Waals surface area contributed by atoms with Gasteiger partial charge in [-0.15, -0.1) is 0 Å². The lowest BCUT2D eigenvalue weighted by molar-refractivity contribution is 0.427. The Morgan fingerprint density at radius 1 is 1.03 bits per heavy atom. The van der Waals surface area contributed by atoms with Crippen LogP contribution in [0.3, 0.4) is 0 Å². The standard InChI is InChI=1S/C23H19Cl2NO3S/c1-13-6-8-16-18-12-20(26-30(27,28)22-11-14(24)7-9-19(22)25)15-4-2-3-5-17(15)23(18)29-21(16)10-13/h2-5,7,9,11-13,26H,6,8,10H2,1H3. The molecule has 1 unspecified atom stereocenters. The fraction of sp³-hybridized carbons (Fsp3) is 0.217. The predicted molar refractivity (Wildman–Crippen MR) is 122 cm³/mol. The monoisotopic (exact) mass is 459 g/mol. The van der Waals surface area contributed by atoms with Crippen molar-refractivity contribution in [3.63, 3.8) is 0 Å². The third-order valence-corrected chi connectivity index (χ3v) is 7.81. The molecule has 0 spiro atoms. The van der Waals surface area contributed by atoms with Gasteiger partial charge in [0.2, 0.25) is 0 Å². The van der Waals surface area contributed by atoms with Crippen LogP contribution in [0.25, 0.3) is 21.7 Å². The highest BCUT2D eigenvalue weighted by Crippen LogP contribution is 2.41.